The fourth-order valence-corrected chi connectivity index (χ4v) is 22.7. The minimum Gasteiger partial charge on any atom is -0.456 e. The summed E-state index contributed by atoms with van der Waals surface area (Å²) in [5.41, 5.74) is 38.4. The maximum atomic E-state index is 6.13. The Kier molecular flexibility index (Phi) is 21.5. The zero-order valence-corrected chi connectivity index (χ0v) is 80.1. The van der Waals surface area contributed by atoms with Crippen LogP contribution in [0, 0.1) is 6.92 Å². The first-order valence-electron chi connectivity index (χ1n) is 50.2. The summed E-state index contributed by atoms with van der Waals surface area (Å²) in [4.78, 5) is 0. The summed E-state index contributed by atoms with van der Waals surface area (Å²) >= 11 is 0. The van der Waals surface area contributed by atoms with Gasteiger partial charge in [0.15, 0.2) is 0 Å². The molecule has 0 unspecified atom stereocenters. The van der Waals surface area contributed by atoms with Gasteiger partial charge in [0.05, 0.1) is 0 Å². The number of aryl methyl sites for hydroxylation is 1. The van der Waals surface area contributed by atoms with E-state index < -0.39 is 0 Å². The summed E-state index contributed by atoms with van der Waals surface area (Å²) < 4.78 is 18.4. The van der Waals surface area contributed by atoms with E-state index in [1.54, 1.807) is 0 Å². The van der Waals surface area contributed by atoms with E-state index >= 15 is 0 Å². The molecule has 0 saturated carbocycles. The molecule has 0 atom stereocenters. The molecule has 0 bridgehead atoms. The molecule has 0 N–H and O–H groups in total. The fourth-order valence-electron chi connectivity index (χ4n) is 22.7. The monoisotopic (exact) mass is 1860 g/mol. The summed E-state index contributed by atoms with van der Waals surface area (Å²) in [6.07, 6.45) is 0. The van der Waals surface area contributed by atoms with Crippen LogP contribution in [0.25, 0.3) is 286 Å². The quantitative estimate of drug-likeness (QED) is 0.108. The number of hydrogen-bond donors (Lipinski definition) is 0. The summed E-state index contributed by atoms with van der Waals surface area (Å²) in [5, 5.41) is 24.5. The lowest BCUT2D eigenvalue weighted by Gasteiger charge is -2.19. The molecule has 3 heteroatoms. The third-order valence-electron chi connectivity index (χ3n) is 29.6. The van der Waals surface area contributed by atoms with Gasteiger partial charge in [-0.1, -0.05) is 442 Å². The predicted molar refractivity (Wildman–Crippen MR) is 619 cm³/mol. The maximum Gasteiger partial charge on any atom is 0.135 e. The average molecular weight is 1860 g/mol. The second-order valence-electron chi connectivity index (χ2n) is 38.3. The van der Waals surface area contributed by atoms with Crippen molar-refractivity contribution in [2.75, 3.05) is 0 Å². The molecule has 26 aromatic carbocycles. The van der Waals surface area contributed by atoms with Crippen molar-refractivity contribution in [3.63, 3.8) is 0 Å². The lowest BCUT2D eigenvalue weighted by atomic mass is 9.84. The Morgan fingerprint density at radius 1 is 0.103 bits per heavy atom. The van der Waals surface area contributed by atoms with E-state index in [1.165, 1.54) is 226 Å². The highest BCUT2D eigenvalue weighted by Crippen LogP contribution is 2.52. The molecule has 0 amide bonds. The highest BCUT2D eigenvalue weighted by Gasteiger charge is 2.25. The van der Waals surface area contributed by atoms with Gasteiger partial charge in [0.1, 0.15) is 33.5 Å². The Morgan fingerprint density at radius 2 is 0.301 bits per heavy atom. The van der Waals surface area contributed by atoms with Crippen LogP contribution in [-0.2, 0) is 0 Å². The molecular weight excluding hydrogens is 1770 g/mol. The minimum atomic E-state index is 0.913. The van der Waals surface area contributed by atoms with Crippen molar-refractivity contribution in [1.29, 1.82) is 0 Å². The van der Waals surface area contributed by atoms with E-state index in [2.05, 4.69) is 510 Å². The van der Waals surface area contributed by atoms with Crippen molar-refractivity contribution < 1.29 is 13.3 Å². The van der Waals surface area contributed by atoms with Gasteiger partial charge in [-0.25, -0.2) is 0 Å². The largest absolute Gasteiger partial charge is 0.456 e. The van der Waals surface area contributed by atoms with Crippen LogP contribution in [0.1, 0.15) is 5.56 Å². The molecule has 0 radical (unpaired) electrons. The molecule has 0 aliphatic heterocycles. The second-order valence-corrected chi connectivity index (χ2v) is 38.3. The first kappa shape index (κ1) is 86.1. The molecule has 0 aliphatic rings. The molecule has 0 fully saturated rings. The van der Waals surface area contributed by atoms with Crippen molar-refractivity contribution in [3.8, 4) is 145 Å². The molecule has 0 aliphatic carbocycles. The molecule has 0 saturated heterocycles. The molecule has 682 valence electrons. The average Bonchev–Trinajstić information content (AvgIpc) is 1.22. The van der Waals surface area contributed by atoms with Crippen LogP contribution in [0.2, 0.25) is 0 Å². The van der Waals surface area contributed by atoms with Crippen molar-refractivity contribution in [3.05, 3.63) is 545 Å². The Balaban J connectivity index is 0.000000109. The van der Waals surface area contributed by atoms with E-state index in [0.717, 1.165) is 65.8 Å². The summed E-state index contributed by atoms with van der Waals surface area (Å²) in [7, 11) is 0. The van der Waals surface area contributed by atoms with Crippen molar-refractivity contribution in [2.45, 2.75) is 6.92 Å². The maximum absolute atomic E-state index is 6.13. The number of rotatable bonds is 13. The topological polar surface area (TPSA) is 39.4 Å². The van der Waals surface area contributed by atoms with Crippen LogP contribution in [-0.4, -0.2) is 0 Å². The Bertz CT molecular complexity index is 10200. The van der Waals surface area contributed by atoms with E-state index in [-0.39, 0.29) is 0 Å². The van der Waals surface area contributed by atoms with Crippen LogP contribution in [0.4, 0.5) is 0 Å². The van der Waals surface area contributed by atoms with Crippen molar-refractivity contribution >= 4 is 141 Å². The van der Waals surface area contributed by atoms with Gasteiger partial charge in [0.25, 0.3) is 0 Å². The van der Waals surface area contributed by atoms with Gasteiger partial charge in [-0.15, -0.1) is 0 Å². The number of fused-ring (bicyclic) bond motifs is 16. The van der Waals surface area contributed by atoms with Gasteiger partial charge in [0, 0.05) is 32.3 Å². The number of furan rings is 3. The molecule has 146 heavy (non-hydrogen) atoms. The zero-order valence-electron chi connectivity index (χ0n) is 80.1. The van der Waals surface area contributed by atoms with Crippen molar-refractivity contribution in [1.82, 2.24) is 0 Å². The molecule has 29 aromatic rings. The normalized spacial score (nSPS) is 11.6. The van der Waals surface area contributed by atoms with Crippen LogP contribution < -0.4 is 0 Å². The smallest absolute Gasteiger partial charge is 0.135 e. The summed E-state index contributed by atoms with van der Waals surface area (Å²) in [5.74, 6) is 0. The molecule has 29 rings (SSSR count). The number of benzene rings is 26. The van der Waals surface area contributed by atoms with Crippen molar-refractivity contribution in [2.24, 2.45) is 0 Å². The minimum absolute atomic E-state index is 0.913. The first-order chi connectivity index (χ1) is 72.3. The van der Waals surface area contributed by atoms with Gasteiger partial charge in [0.2, 0.25) is 0 Å². The summed E-state index contributed by atoms with van der Waals surface area (Å²) in [6, 6.07) is 195. The molecule has 0 spiro atoms. The Labute approximate surface area is 845 Å². The standard InChI is InChI=1S/C50H32O.C48H30O.C45H30O/c1-3-13-33(14-4-1)35-17-12-20-40(30-35)50-43-23-8-7-22-42(43)49(34-15-5-2-6-16-34)44-27-25-38(32-46(44)50)36-18-11-19-37(29-36)39-26-28-48-45(31-39)41-21-9-10-24-47(41)51-48;1-2-12-32(13-3-1)47-40-18-6-7-19-41(40)48(38-22-21-31-11-4-5-14-33(31)28-38)44-30-36(23-25-42(44)47)34-15-10-16-35(27-34)37-24-26-46-43(29-37)39-17-8-9-20-45(39)49-46;1-29-18-20-31(21-19-29)44-37-15-5-6-16-38(37)45(30-10-3-2-4-11-30)41-28-34(22-24-39(41)44)32-12-9-13-33(26-32)35-23-25-43-40(27-35)36-14-7-8-17-42(36)46-43/h1-32H;1-30H;2-28H,1H3. The Morgan fingerprint density at radius 3 is 0.644 bits per heavy atom. The van der Waals surface area contributed by atoms with Gasteiger partial charge in [-0.3, -0.25) is 0 Å². The van der Waals surface area contributed by atoms with Crippen LogP contribution >= 0.6 is 0 Å². The predicted octanol–water partition coefficient (Wildman–Crippen LogP) is 40.8. The van der Waals surface area contributed by atoms with Gasteiger partial charge in [-0.05, 0) is 330 Å². The van der Waals surface area contributed by atoms with Gasteiger partial charge in [-0.2, -0.15) is 0 Å². The van der Waals surface area contributed by atoms with E-state index in [9.17, 15) is 0 Å². The number of para-hydroxylation sites is 3. The summed E-state index contributed by atoms with van der Waals surface area (Å²) in [6.45, 7) is 2.15. The van der Waals surface area contributed by atoms with Crippen LogP contribution in [0.3, 0.4) is 0 Å². The first-order valence-corrected chi connectivity index (χ1v) is 50.2. The van der Waals surface area contributed by atoms with E-state index in [0.29, 0.717) is 0 Å². The van der Waals surface area contributed by atoms with Gasteiger partial charge >= 0.3 is 0 Å². The fraction of sp³-hybridized carbons (Fsp3) is 0.00699. The third kappa shape index (κ3) is 15.6. The molecule has 3 heterocycles. The lowest BCUT2D eigenvalue weighted by Crippen LogP contribution is -1.92. The lowest BCUT2D eigenvalue weighted by molar-refractivity contribution is 0.668. The van der Waals surface area contributed by atoms with Crippen LogP contribution in [0.15, 0.2) is 553 Å². The van der Waals surface area contributed by atoms with E-state index in [1.807, 2.05) is 36.4 Å². The highest BCUT2D eigenvalue weighted by atomic mass is 16.3. The van der Waals surface area contributed by atoms with Gasteiger partial charge < -0.3 is 13.3 Å². The third-order valence-corrected chi connectivity index (χ3v) is 29.6. The molecular formula is C143H92O3. The van der Waals surface area contributed by atoms with E-state index in [4.69, 9.17) is 13.3 Å². The second kappa shape index (κ2) is 36.5. The number of hydrogen-bond acceptors (Lipinski definition) is 3. The Hall–Kier alpha value is -19.1. The van der Waals surface area contributed by atoms with Crippen LogP contribution in [0.5, 0.6) is 0 Å². The molecule has 3 nitrogen and oxygen atoms in total. The molecule has 3 aromatic heterocycles. The SMILES string of the molecule is Cc1ccc(-c2c3ccccc3c(-c3ccccc3)c3cc(-c4cccc(-c5ccc6oc7ccccc7c6c5)c4)ccc23)cc1.c1ccc(-c2c3ccccc3c(-c3ccc4ccccc4c3)c3cc(-c4cccc(-c5ccc6oc7ccccc7c6c5)c4)ccc23)cc1.c1ccc(-c2cccc(-c3c4ccccc4c(-c4ccccc4)c4ccc(-c5cccc(-c6ccc7oc8ccccc8c7c6)c5)cc34)c2)cc1. The highest BCUT2D eigenvalue weighted by molar-refractivity contribution is 6.26. The zero-order chi connectivity index (χ0) is 96.7.